The van der Waals surface area contributed by atoms with Gasteiger partial charge in [-0.2, -0.15) is 0 Å². The number of anilines is 1. The van der Waals surface area contributed by atoms with Crippen LogP contribution in [0.4, 0.5) is 13.9 Å². The SMILES string of the molecule is O=C(Nc1nccs1)C1CC(F)(F)C1. The Hall–Kier alpha value is -1.04. The maximum Gasteiger partial charge on any atom is 0.249 e. The van der Waals surface area contributed by atoms with Gasteiger partial charge in [0.15, 0.2) is 5.13 Å². The van der Waals surface area contributed by atoms with Crippen molar-refractivity contribution in [1.29, 1.82) is 0 Å². The molecular formula is C8H8F2N2OS. The van der Waals surface area contributed by atoms with Crippen LogP contribution in [0.5, 0.6) is 0 Å². The molecule has 76 valence electrons. The zero-order chi connectivity index (χ0) is 10.2. The summed E-state index contributed by atoms with van der Waals surface area (Å²) in [7, 11) is 0. The monoisotopic (exact) mass is 218 g/mol. The normalized spacial score (nSPS) is 20.1. The van der Waals surface area contributed by atoms with Crippen LogP contribution < -0.4 is 5.32 Å². The molecule has 1 heterocycles. The molecule has 0 unspecified atom stereocenters. The van der Waals surface area contributed by atoms with Crippen LogP contribution in [0.3, 0.4) is 0 Å². The Morgan fingerprint density at radius 3 is 2.86 bits per heavy atom. The fourth-order valence-corrected chi connectivity index (χ4v) is 1.87. The first-order valence-corrected chi connectivity index (χ1v) is 5.03. The van der Waals surface area contributed by atoms with E-state index in [1.54, 1.807) is 11.6 Å². The number of hydrogen-bond acceptors (Lipinski definition) is 3. The lowest BCUT2D eigenvalue weighted by molar-refractivity contribution is -0.145. The van der Waals surface area contributed by atoms with E-state index in [2.05, 4.69) is 10.3 Å². The zero-order valence-corrected chi connectivity index (χ0v) is 7.98. The predicted molar refractivity (Wildman–Crippen MR) is 48.4 cm³/mol. The second-order valence-corrected chi connectivity index (χ2v) is 4.18. The number of aromatic nitrogens is 1. The maximum atomic E-state index is 12.4. The third kappa shape index (κ3) is 1.89. The van der Waals surface area contributed by atoms with Gasteiger partial charge in [0, 0.05) is 30.3 Å². The highest BCUT2D eigenvalue weighted by Gasteiger charge is 2.48. The van der Waals surface area contributed by atoms with Gasteiger partial charge >= 0.3 is 0 Å². The summed E-state index contributed by atoms with van der Waals surface area (Å²) in [4.78, 5) is 15.1. The van der Waals surface area contributed by atoms with Crippen molar-refractivity contribution in [2.45, 2.75) is 18.8 Å². The quantitative estimate of drug-likeness (QED) is 0.826. The standard InChI is InChI=1S/C8H8F2N2OS/c9-8(10)3-5(4-8)6(13)12-7-11-1-2-14-7/h1-2,5H,3-4H2,(H,11,12,13). The summed E-state index contributed by atoms with van der Waals surface area (Å²) in [6.45, 7) is 0. The van der Waals surface area contributed by atoms with Crippen molar-refractivity contribution < 1.29 is 13.6 Å². The summed E-state index contributed by atoms with van der Waals surface area (Å²) in [5, 5.41) is 4.67. The van der Waals surface area contributed by atoms with Gasteiger partial charge in [0.2, 0.25) is 11.8 Å². The third-order valence-corrected chi connectivity index (χ3v) is 2.81. The van der Waals surface area contributed by atoms with Gasteiger partial charge in [-0.25, -0.2) is 13.8 Å². The molecule has 3 nitrogen and oxygen atoms in total. The fraction of sp³-hybridized carbons (Fsp3) is 0.500. The Morgan fingerprint density at radius 1 is 1.64 bits per heavy atom. The summed E-state index contributed by atoms with van der Waals surface area (Å²) < 4.78 is 24.9. The molecule has 1 N–H and O–H groups in total. The van der Waals surface area contributed by atoms with Gasteiger partial charge in [-0.1, -0.05) is 0 Å². The van der Waals surface area contributed by atoms with Crippen LogP contribution in [0.1, 0.15) is 12.8 Å². The molecule has 1 aliphatic carbocycles. The van der Waals surface area contributed by atoms with Crippen molar-refractivity contribution in [1.82, 2.24) is 4.98 Å². The van der Waals surface area contributed by atoms with Crippen LogP contribution in [0.25, 0.3) is 0 Å². The number of nitrogens with one attached hydrogen (secondary N) is 1. The van der Waals surface area contributed by atoms with Crippen molar-refractivity contribution in [3.8, 4) is 0 Å². The molecule has 1 aromatic rings. The molecule has 0 aliphatic heterocycles. The highest BCUT2D eigenvalue weighted by atomic mass is 32.1. The first kappa shape index (κ1) is 9.51. The molecule has 1 saturated carbocycles. The molecule has 0 radical (unpaired) electrons. The van der Waals surface area contributed by atoms with Gasteiger partial charge in [0.1, 0.15) is 0 Å². The first-order valence-electron chi connectivity index (χ1n) is 4.15. The lowest BCUT2D eigenvalue weighted by atomic mass is 9.81. The van der Waals surface area contributed by atoms with Crippen LogP contribution in [0.2, 0.25) is 0 Å². The topological polar surface area (TPSA) is 42.0 Å². The number of hydrogen-bond donors (Lipinski definition) is 1. The molecule has 0 atom stereocenters. The summed E-state index contributed by atoms with van der Waals surface area (Å²) in [6.07, 6.45) is 0.865. The molecule has 14 heavy (non-hydrogen) atoms. The van der Waals surface area contributed by atoms with Crippen LogP contribution in [0.15, 0.2) is 11.6 Å². The van der Waals surface area contributed by atoms with E-state index in [1.807, 2.05) is 0 Å². The largest absolute Gasteiger partial charge is 0.302 e. The number of amides is 1. The van der Waals surface area contributed by atoms with E-state index in [0.29, 0.717) is 5.13 Å². The van der Waals surface area contributed by atoms with E-state index in [1.165, 1.54) is 11.3 Å². The van der Waals surface area contributed by atoms with Crippen LogP contribution >= 0.6 is 11.3 Å². The Labute approximate surface area is 83.2 Å². The molecule has 0 aromatic carbocycles. The van der Waals surface area contributed by atoms with Crippen LogP contribution in [-0.2, 0) is 4.79 Å². The van der Waals surface area contributed by atoms with E-state index in [0.717, 1.165) is 0 Å². The Kier molecular flexibility index (Phi) is 2.22. The minimum Gasteiger partial charge on any atom is -0.302 e. The number of carbonyl (C=O) groups excluding carboxylic acids is 1. The van der Waals surface area contributed by atoms with Crippen molar-refractivity contribution in [2.24, 2.45) is 5.92 Å². The number of nitrogens with zero attached hydrogens (tertiary/aromatic N) is 1. The van der Waals surface area contributed by atoms with Gasteiger partial charge in [-0.05, 0) is 0 Å². The van der Waals surface area contributed by atoms with Gasteiger partial charge in [-0.15, -0.1) is 11.3 Å². The molecular weight excluding hydrogens is 210 g/mol. The Morgan fingerprint density at radius 2 is 2.36 bits per heavy atom. The zero-order valence-electron chi connectivity index (χ0n) is 7.17. The number of thiazole rings is 1. The van der Waals surface area contributed by atoms with Gasteiger partial charge in [0.05, 0.1) is 0 Å². The smallest absolute Gasteiger partial charge is 0.249 e. The summed E-state index contributed by atoms with van der Waals surface area (Å²) in [5.74, 6) is -3.56. The number of alkyl halides is 2. The number of carbonyl (C=O) groups is 1. The Balaban J connectivity index is 1.86. The Bertz CT molecular complexity index is 331. The molecule has 1 amide bonds. The number of halogens is 2. The minimum atomic E-state index is -2.65. The van der Waals surface area contributed by atoms with Gasteiger partial charge in [-0.3, -0.25) is 4.79 Å². The minimum absolute atomic E-state index is 0.343. The van der Waals surface area contributed by atoms with Crippen molar-refractivity contribution in [2.75, 3.05) is 5.32 Å². The predicted octanol–water partition coefficient (Wildman–Crippen LogP) is 2.13. The molecule has 0 bridgehead atoms. The molecule has 2 rings (SSSR count). The first-order chi connectivity index (χ1) is 6.57. The average Bonchev–Trinajstić information content (AvgIpc) is 2.52. The van der Waals surface area contributed by atoms with Gasteiger partial charge < -0.3 is 5.32 Å². The van der Waals surface area contributed by atoms with Crippen LogP contribution in [0, 0.1) is 5.92 Å². The van der Waals surface area contributed by atoms with Crippen molar-refractivity contribution in [3.63, 3.8) is 0 Å². The summed E-state index contributed by atoms with van der Waals surface area (Å²) in [5.41, 5.74) is 0. The van der Waals surface area contributed by atoms with Crippen molar-refractivity contribution in [3.05, 3.63) is 11.6 Å². The van der Waals surface area contributed by atoms with Gasteiger partial charge in [0.25, 0.3) is 0 Å². The molecule has 0 saturated heterocycles. The van der Waals surface area contributed by atoms with E-state index in [4.69, 9.17) is 0 Å². The van der Waals surface area contributed by atoms with E-state index in [9.17, 15) is 13.6 Å². The highest BCUT2D eigenvalue weighted by Crippen LogP contribution is 2.42. The maximum absolute atomic E-state index is 12.4. The molecule has 6 heteroatoms. The lowest BCUT2D eigenvalue weighted by Crippen LogP contribution is -2.42. The fourth-order valence-electron chi connectivity index (χ4n) is 1.34. The molecule has 1 aliphatic rings. The lowest BCUT2D eigenvalue weighted by Gasteiger charge is -2.33. The van der Waals surface area contributed by atoms with Crippen molar-refractivity contribution >= 4 is 22.4 Å². The van der Waals surface area contributed by atoms with E-state index < -0.39 is 11.8 Å². The van der Waals surface area contributed by atoms with E-state index >= 15 is 0 Å². The second kappa shape index (κ2) is 3.27. The van der Waals surface area contributed by atoms with Crippen LogP contribution in [-0.4, -0.2) is 16.8 Å². The summed E-state index contributed by atoms with van der Waals surface area (Å²) in [6, 6.07) is 0. The highest BCUT2D eigenvalue weighted by molar-refractivity contribution is 7.13. The third-order valence-electron chi connectivity index (χ3n) is 2.12. The summed E-state index contributed by atoms with van der Waals surface area (Å²) >= 11 is 1.27. The molecule has 1 aromatic heterocycles. The molecule has 0 spiro atoms. The van der Waals surface area contributed by atoms with E-state index in [-0.39, 0.29) is 18.7 Å². The second-order valence-electron chi connectivity index (χ2n) is 3.29. The number of rotatable bonds is 2. The molecule has 1 fully saturated rings. The average molecular weight is 218 g/mol.